The van der Waals surface area contributed by atoms with Crippen LogP contribution >= 0.6 is 0 Å². The number of carbonyl (C=O) groups is 1. The molecule has 0 radical (unpaired) electrons. The minimum Gasteiger partial charge on any atom is -0.490 e. The van der Waals surface area contributed by atoms with Crippen LogP contribution in [0.4, 0.5) is 0 Å². The number of aliphatic hydroxyl groups excluding tert-OH is 1. The molecule has 1 atom stereocenters. The first-order chi connectivity index (χ1) is 6.72. The molecule has 0 saturated carbocycles. The molecule has 4 heteroatoms. The number of fused-ring (bicyclic) bond motifs is 1. The van der Waals surface area contributed by atoms with Gasteiger partial charge in [0.05, 0.1) is 12.7 Å². The van der Waals surface area contributed by atoms with Crippen LogP contribution in [0.1, 0.15) is 22.0 Å². The van der Waals surface area contributed by atoms with Crippen LogP contribution in [0, 0.1) is 0 Å². The Morgan fingerprint density at radius 3 is 3.14 bits per heavy atom. The van der Waals surface area contributed by atoms with E-state index in [-0.39, 0.29) is 6.61 Å². The van der Waals surface area contributed by atoms with Crippen molar-refractivity contribution in [2.75, 3.05) is 13.7 Å². The summed E-state index contributed by atoms with van der Waals surface area (Å²) in [6, 6.07) is 4.87. The monoisotopic (exact) mass is 194 g/mol. The predicted molar refractivity (Wildman–Crippen MR) is 48.2 cm³/mol. The van der Waals surface area contributed by atoms with Gasteiger partial charge in [0.25, 0.3) is 0 Å². The van der Waals surface area contributed by atoms with Crippen LogP contribution < -0.4 is 4.74 Å². The highest BCUT2D eigenvalue weighted by molar-refractivity contribution is 5.89. The van der Waals surface area contributed by atoms with Crippen LogP contribution in [-0.2, 0) is 4.74 Å². The zero-order chi connectivity index (χ0) is 10.1. The van der Waals surface area contributed by atoms with Crippen molar-refractivity contribution in [1.82, 2.24) is 0 Å². The Hall–Kier alpha value is -1.55. The lowest BCUT2D eigenvalue weighted by atomic mass is 10.1. The highest BCUT2D eigenvalue weighted by Gasteiger charge is 2.23. The second-order valence-corrected chi connectivity index (χ2v) is 3.07. The standard InChI is InChI=1S/C10H10O4/c1-13-10(12)6-2-3-9-7(4-6)8(11)5-14-9/h2-4,8,11H,5H2,1H3. The first kappa shape index (κ1) is 9.02. The van der Waals surface area contributed by atoms with Crippen LogP contribution in [0.5, 0.6) is 5.75 Å². The lowest BCUT2D eigenvalue weighted by Crippen LogP contribution is -2.02. The van der Waals surface area contributed by atoms with Crippen LogP contribution in [0.25, 0.3) is 0 Å². The molecule has 4 nitrogen and oxygen atoms in total. The van der Waals surface area contributed by atoms with Gasteiger partial charge in [-0.25, -0.2) is 4.79 Å². The number of ether oxygens (including phenoxy) is 2. The maximum absolute atomic E-state index is 11.2. The smallest absolute Gasteiger partial charge is 0.337 e. The normalized spacial score (nSPS) is 18.6. The summed E-state index contributed by atoms with van der Waals surface area (Å²) < 4.78 is 9.75. The Labute approximate surface area is 81.1 Å². The molecule has 1 aliphatic rings. The maximum atomic E-state index is 11.2. The molecule has 2 rings (SSSR count). The molecule has 0 fully saturated rings. The average molecular weight is 194 g/mol. The predicted octanol–water partition coefficient (Wildman–Crippen LogP) is 0.899. The molecule has 0 amide bonds. The van der Waals surface area contributed by atoms with Crippen molar-refractivity contribution < 1.29 is 19.4 Å². The van der Waals surface area contributed by atoms with Gasteiger partial charge in [-0.05, 0) is 18.2 Å². The molecule has 74 valence electrons. The van der Waals surface area contributed by atoms with E-state index in [4.69, 9.17) is 4.74 Å². The van der Waals surface area contributed by atoms with Crippen molar-refractivity contribution in [1.29, 1.82) is 0 Å². The van der Waals surface area contributed by atoms with Crippen molar-refractivity contribution in [3.63, 3.8) is 0 Å². The molecule has 0 saturated heterocycles. The van der Waals surface area contributed by atoms with Gasteiger partial charge < -0.3 is 14.6 Å². The van der Waals surface area contributed by atoms with Gasteiger partial charge in [-0.1, -0.05) is 0 Å². The molecular formula is C10H10O4. The average Bonchev–Trinajstić information content (AvgIpc) is 2.59. The number of benzene rings is 1. The highest BCUT2D eigenvalue weighted by atomic mass is 16.5. The summed E-state index contributed by atoms with van der Waals surface area (Å²) in [6.45, 7) is 0.250. The molecule has 0 bridgehead atoms. The van der Waals surface area contributed by atoms with Gasteiger partial charge in [0, 0.05) is 5.56 Å². The lowest BCUT2D eigenvalue weighted by molar-refractivity contribution is 0.0600. The second-order valence-electron chi connectivity index (χ2n) is 3.07. The minimum atomic E-state index is -0.644. The van der Waals surface area contributed by atoms with Gasteiger partial charge >= 0.3 is 5.97 Å². The molecule has 1 aromatic rings. The molecule has 1 heterocycles. The van der Waals surface area contributed by atoms with E-state index < -0.39 is 12.1 Å². The van der Waals surface area contributed by atoms with E-state index >= 15 is 0 Å². The zero-order valence-corrected chi connectivity index (χ0v) is 7.69. The van der Waals surface area contributed by atoms with Crippen LogP contribution in [0.15, 0.2) is 18.2 Å². The van der Waals surface area contributed by atoms with Gasteiger partial charge in [-0.2, -0.15) is 0 Å². The van der Waals surface area contributed by atoms with Crippen molar-refractivity contribution in [3.8, 4) is 5.75 Å². The Morgan fingerprint density at radius 2 is 2.43 bits per heavy atom. The van der Waals surface area contributed by atoms with Gasteiger partial charge in [-0.15, -0.1) is 0 Å². The van der Waals surface area contributed by atoms with Crippen molar-refractivity contribution in [2.45, 2.75) is 6.10 Å². The largest absolute Gasteiger partial charge is 0.490 e. The molecule has 14 heavy (non-hydrogen) atoms. The summed E-state index contributed by atoms with van der Waals surface area (Å²) >= 11 is 0. The topological polar surface area (TPSA) is 55.8 Å². The quantitative estimate of drug-likeness (QED) is 0.675. The first-order valence-corrected chi connectivity index (χ1v) is 4.25. The zero-order valence-electron chi connectivity index (χ0n) is 7.69. The third kappa shape index (κ3) is 1.33. The number of methoxy groups -OCH3 is 1. The molecule has 1 N–H and O–H groups in total. The van der Waals surface area contributed by atoms with E-state index in [0.29, 0.717) is 16.9 Å². The molecule has 0 aliphatic carbocycles. The third-order valence-corrected chi connectivity index (χ3v) is 2.19. The molecule has 1 aliphatic heterocycles. The fraction of sp³-hybridized carbons (Fsp3) is 0.300. The van der Waals surface area contributed by atoms with Gasteiger partial charge in [0.2, 0.25) is 0 Å². The Kier molecular flexibility index (Phi) is 2.13. The fourth-order valence-corrected chi connectivity index (χ4v) is 1.44. The van der Waals surface area contributed by atoms with Gasteiger partial charge in [0.15, 0.2) is 0 Å². The number of carbonyl (C=O) groups excluding carboxylic acids is 1. The number of hydrogen-bond acceptors (Lipinski definition) is 4. The van der Waals surface area contributed by atoms with Crippen molar-refractivity contribution >= 4 is 5.97 Å². The number of aliphatic hydroxyl groups is 1. The van der Waals surface area contributed by atoms with Crippen LogP contribution in [0.3, 0.4) is 0 Å². The number of rotatable bonds is 1. The molecule has 1 aromatic carbocycles. The van der Waals surface area contributed by atoms with Gasteiger partial charge in [-0.3, -0.25) is 0 Å². The number of hydrogen-bond donors (Lipinski definition) is 1. The Bertz CT molecular complexity index is 372. The van der Waals surface area contributed by atoms with E-state index in [9.17, 15) is 9.90 Å². The minimum absolute atomic E-state index is 0.250. The Morgan fingerprint density at radius 1 is 1.64 bits per heavy atom. The second kappa shape index (κ2) is 3.31. The van der Waals surface area contributed by atoms with Crippen LogP contribution in [-0.4, -0.2) is 24.8 Å². The summed E-state index contributed by atoms with van der Waals surface area (Å²) in [5.41, 5.74) is 1.07. The maximum Gasteiger partial charge on any atom is 0.337 e. The molecule has 1 unspecified atom stereocenters. The Balaban J connectivity index is 2.39. The summed E-state index contributed by atoms with van der Waals surface area (Å²) in [6.07, 6.45) is -0.644. The third-order valence-electron chi connectivity index (χ3n) is 2.19. The SMILES string of the molecule is COC(=O)c1ccc2c(c1)C(O)CO2. The highest BCUT2D eigenvalue weighted by Crippen LogP contribution is 2.32. The van der Waals surface area contributed by atoms with E-state index in [2.05, 4.69) is 4.74 Å². The summed E-state index contributed by atoms with van der Waals surface area (Å²) in [7, 11) is 1.32. The lowest BCUT2D eigenvalue weighted by Gasteiger charge is -2.03. The van der Waals surface area contributed by atoms with Crippen LogP contribution in [0.2, 0.25) is 0 Å². The number of esters is 1. The van der Waals surface area contributed by atoms with E-state index in [1.807, 2.05) is 0 Å². The van der Waals surface area contributed by atoms with Crippen molar-refractivity contribution in [2.24, 2.45) is 0 Å². The van der Waals surface area contributed by atoms with E-state index in [1.165, 1.54) is 7.11 Å². The van der Waals surface area contributed by atoms with E-state index in [1.54, 1.807) is 18.2 Å². The van der Waals surface area contributed by atoms with Gasteiger partial charge in [0.1, 0.15) is 18.5 Å². The van der Waals surface area contributed by atoms with E-state index in [0.717, 1.165) is 0 Å². The molecule has 0 spiro atoms. The van der Waals surface area contributed by atoms with Crippen molar-refractivity contribution in [3.05, 3.63) is 29.3 Å². The summed E-state index contributed by atoms with van der Waals surface area (Å²) in [5.74, 6) is 0.219. The summed E-state index contributed by atoms with van der Waals surface area (Å²) in [5, 5.41) is 9.48. The molecular weight excluding hydrogens is 184 g/mol. The first-order valence-electron chi connectivity index (χ1n) is 4.25. The molecule has 0 aromatic heterocycles. The fourth-order valence-electron chi connectivity index (χ4n) is 1.44. The summed E-state index contributed by atoms with van der Waals surface area (Å²) in [4.78, 5) is 11.2.